The van der Waals surface area contributed by atoms with Crippen LogP contribution in [-0.2, 0) is 4.74 Å². The quantitative estimate of drug-likeness (QED) is 0.777. The van der Waals surface area contributed by atoms with Crippen molar-refractivity contribution in [3.05, 3.63) is 42.0 Å². The van der Waals surface area contributed by atoms with Crippen molar-refractivity contribution >= 4 is 30.9 Å². The maximum atomic E-state index is 5.33. The maximum absolute atomic E-state index is 5.33. The molecule has 120 valence electrons. The average Bonchev–Trinajstić information content (AvgIpc) is 2.48. The van der Waals surface area contributed by atoms with E-state index < -0.39 is 0 Å². The largest absolute Gasteiger partial charge is 0.379 e. The van der Waals surface area contributed by atoms with Crippen molar-refractivity contribution in [1.29, 1.82) is 0 Å². The van der Waals surface area contributed by atoms with E-state index >= 15 is 0 Å². The van der Waals surface area contributed by atoms with E-state index in [0.29, 0.717) is 0 Å². The number of nitrogens with zero attached hydrogens (tertiary/aromatic N) is 1. The molecular weight excluding hydrogens is 307 g/mol. The van der Waals surface area contributed by atoms with Gasteiger partial charge in [-0.3, -0.25) is 4.90 Å². The zero-order valence-electron chi connectivity index (χ0n) is 12.4. The van der Waals surface area contributed by atoms with Crippen LogP contribution in [0.25, 0.3) is 6.08 Å². The van der Waals surface area contributed by atoms with E-state index in [0.717, 1.165) is 39.4 Å². The molecule has 0 amide bonds. The van der Waals surface area contributed by atoms with Crippen LogP contribution >= 0.6 is 24.8 Å². The van der Waals surface area contributed by atoms with Crippen LogP contribution in [0.5, 0.6) is 0 Å². The summed E-state index contributed by atoms with van der Waals surface area (Å²) < 4.78 is 5.33. The van der Waals surface area contributed by atoms with Crippen LogP contribution in [0.3, 0.4) is 0 Å². The topological polar surface area (TPSA) is 24.5 Å². The number of hydrogen-bond donors (Lipinski definition) is 1. The third kappa shape index (κ3) is 9.12. The average molecular weight is 333 g/mol. The van der Waals surface area contributed by atoms with E-state index in [4.69, 9.17) is 4.74 Å². The zero-order valence-corrected chi connectivity index (χ0v) is 14.0. The Morgan fingerprint density at radius 2 is 1.81 bits per heavy atom. The van der Waals surface area contributed by atoms with Crippen LogP contribution < -0.4 is 5.32 Å². The highest BCUT2D eigenvalue weighted by Crippen LogP contribution is 2.00. The van der Waals surface area contributed by atoms with Gasteiger partial charge in [0.2, 0.25) is 0 Å². The number of halogens is 2. The molecule has 0 spiro atoms. The van der Waals surface area contributed by atoms with Gasteiger partial charge in [-0.1, -0.05) is 42.5 Å². The Balaban J connectivity index is 0.00000200. The molecule has 0 unspecified atom stereocenters. The number of ether oxygens (including phenoxy) is 1. The first-order valence-electron chi connectivity index (χ1n) is 7.17. The van der Waals surface area contributed by atoms with Crippen LogP contribution in [0, 0.1) is 0 Å². The number of hydrogen-bond acceptors (Lipinski definition) is 3. The Bertz CT molecular complexity index is 368. The van der Waals surface area contributed by atoms with Gasteiger partial charge in [-0.15, -0.1) is 24.8 Å². The molecule has 1 aliphatic heterocycles. The molecule has 1 aromatic carbocycles. The van der Waals surface area contributed by atoms with E-state index in [1.807, 2.05) is 6.07 Å². The van der Waals surface area contributed by atoms with Crippen LogP contribution in [0.15, 0.2) is 36.4 Å². The first-order chi connectivity index (χ1) is 9.45. The minimum absolute atomic E-state index is 0. The lowest BCUT2D eigenvalue weighted by atomic mass is 10.2. The van der Waals surface area contributed by atoms with Crippen molar-refractivity contribution in [3.63, 3.8) is 0 Å². The molecule has 1 heterocycles. The van der Waals surface area contributed by atoms with E-state index in [2.05, 4.69) is 46.6 Å². The standard InChI is InChI=1S/C16H24N2O.2ClH/c1-2-6-16(7-3-1)8-4-9-17-10-5-11-18-12-14-19-15-13-18;;/h1-4,6-8,17H,5,9-15H2;2*1H. The molecule has 3 nitrogen and oxygen atoms in total. The van der Waals surface area contributed by atoms with Crippen molar-refractivity contribution in [1.82, 2.24) is 10.2 Å². The normalized spacial score (nSPS) is 15.4. The minimum atomic E-state index is 0. The first-order valence-corrected chi connectivity index (χ1v) is 7.17. The molecule has 1 aromatic rings. The fraction of sp³-hybridized carbons (Fsp3) is 0.500. The number of rotatable bonds is 7. The van der Waals surface area contributed by atoms with Crippen LogP contribution in [0.2, 0.25) is 0 Å². The van der Waals surface area contributed by atoms with Gasteiger partial charge in [0.1, 0.15) is 0 Å². The van der Waals surface area contributed by atoms with Gasteiger partial charge < -0.3 is 10.1 Å². The molecule has 5 heteroatoms. The number of nitrogens with one attached hydrogen (secondary N) is 1. The molecule has 0 saturated carbocycles. The lowest BCUT2D eigenvalue weighted by Crippen LogP contribution is -2.37. The molecule has 1 saturated heterocycles. The summed E-state index contributed by atoms with van der Waals surface area (Å²) in [5.74, 6) is 0. The van der Waals surface area contributed by atoms with E-state index in [1.54, 1.807) is 0 Å². The van der Waals surface area contributed by atoms with Gasteiger partial charge in [-0.2, -0.15) is 0 Å². The lowest BCUT2D eigenvalue weighted by molar-refractivity contribution is 0.0375. The molecule has 2 rings (SSSR count). The molecule has 0 aliphatic carbocycles. The number of morpholine rings is 1. The Labute approximate surface area is 140 Å². The summed E-state index contributed by atoms with van der Waals surface area (Å²) >= 11 is 0. The molecule has 0 aromatic heterocycles. The Hall–Kier alpha value is -0.580. The van der Waals surface area contributed by atoms with E-state index in [9.17, 15) is 0 Å². The van der Waals surface area contributed by atoms with Crippen LogP contribution in [0.1, 0.15) is 12.0 Å². The molecule has 21 heavy (non-hydrogen) atoms. The highest BCUT2D eigenvalue weighted by atomic mass is 35.5. The predicted molar refractivity (Wildman–Crippen MR) is 94.7 cm³/mol. The molecule has 1 aliphatic rings. The first kappa shape index (κ1) is 20.4. The second-order valence-corrected chi connectivity index (χ2v) is 4.82. The fourth-order valence-electron chi connectivity index (χ4n) is 2.20. The Kier molecular flexibility index (Phi) is 12.7. The summed E-state index contributed by atoms with van der Waals surface area (Å²) in [6.07, 6.45) is 5.55. The van der Waals surface area contributed by atoms with Gasteiger partial charge in [0.15, 0.2) is 0 Å². The second kappa shape index (κ2) is 13.1. The molecule has 1 fully saturated rings. The fourth-order valence-corrected chi connectivity index (χ4v) is 2.20. The van der Waals surface area contributed by atoms with Crippen molar-refractivity contribution in [2.24, 2.45) is 0 Å². The minimum Gasteiger partial charge on any atom is -0.379 e. The molecular formula is C16H26Cl2N2O. The zero-order chi connectivity index (χ0) is 13.2. The van der Waals surface area contributed by atoms with Crippen molar-refractivity contribution in [2.75, 3.05) is 45.9 Å². The van der Waals surface area contributed by atoms with Gasteiger partial charge in [-0.25, -0.2) is 0 Å². The van der Waals surface area contributed by atoms with Gasteiger partial charge in [0, 0.05) is 19.6 Å². The summed E-state index contributed by atoms with van der Waals surface area (Å²) in [5.41, 5.74) is 1.26. The highest BCUT2D eigenvalue weighted by Gasteiger charge is 2.08. The van der Waals surface area contributed by atoms with Gasteiger partial charge in [0.05, 0.1) is 13.2 Å². The third-order valence-corrected chi connectivity index (χ3v) is 3.30. The molecule has 0 bridgehead atoms. The van der Waals surface area contributed by atoms with Gasteiger partial charge in [-0.05, 0) is 25.1 Å². The molecule has 0 radical (unpaired) electrons. The van der Waals surface area contributed by atoms with E-state index in [-0.39, 0.29) is 24.8 Å². The summed E-state index contributed by atoms with van der Waals surface area (Å²) in [6, 6.07) is 10.4. The van der Waals surface area contributed by atoms with Crippen molar-refractivity contribution in [3.8, 4) is 0 Å². The molecule has 0 atom stereocenters. The predicted octanol–water partition coefficient (Wildman–Crippen LogP) is 2.86. The monoisotopic (exact) mass is 332 g/mol. The highest BCUT2D eigenvalue weighted by molar-refractivity contribution is 5.85. The van der Waals surface area contributed by atoms with Crippen LogP contribution in [0.4, 0.5) is 0 Å². The summed E-state index contributed by atoms with van der Waals surface area (Å²) in [6.45, 7) is 7.18. The lowest BCUT2D eigenvalue weighted by Gasteiger charge is -2.26. The maximum Gasteiger partial charge on any atom is 0.0594 e. The molecule has 1 N–H and O–H groups in total. The summed E-state index contributed by atoms with van der Waals surface area (Å²) in [5, 5.41) is 3.45. The Morgan fingerprint density at radius 1 is 1.10 bits per heavy atom. The smallest absolute Gasteiger partial charge is 0.0594 e. The van der Waals surface area contributed by atoms with E-state index in [1.165, 1.54) is 18.5 Å². The van der Waals surface area contributed by atoms with Gasteiger partial charge in [0.25, 0.3) is 0 Å². The SMILES string of the molecule is C(=Cc1ccccc1)CNCCCN1CCOCC1.Cl.Cl. The Morgan fingerprint density at radius 3 is 2.52 bits per heavy atom. The van der Waals surface area contributed by atoms with Crippen molar-refractivity contribution in [2.45, 2.75) is 6.42 Å². The third-order valence-electron chi connectivity index (χ3n) is 3.30. The summed E-state index contributed by atoms with van der Waals surface area (Å²) in [7, 11) is 0. The van der Waals surface area contributed by atoms with Gasteiger partial charge >= 0.3 is 0 Å². The van der Waals surface area contributed by atoms with Crippen LogP contribution in [-0.4, -0.2) is 50.8 Å². The van der Waals surface area contributed by atoms with Crippen molar-refractivity contribution < 1.29 is 4.74 Å². The second-order valence-electron chi connectivity index (χ2n) is 4.82. The summed E-state index contributed by atoms with van der Waals surface area (Å²) in [4.78, 5) is 2.48. The number of benzene rings is 1.